The Morgan fingerprint density at radius 2 is 1.81 bits per heavy atom. The summed E-state index contributed by atoms with van der Waals surface area (Å²) in [6.07, 6.45) is 2.34. The molecule has 5 nitrogen and oxygen atoms in total. The van der Waals surface area contributed by atoms with Crippen LogP contribution in [0, 0.1) is 6.92 Å². The molecule has 1 aliphatic rings. The highest BCUT2D eigenvalue weighted by atomic mass is 32.1. The van der Waals surface area contributed by atoms with Crippen molar-refractivity contribution < 1.29 is 14.3 Å². The maximum Gasteiger partial charge on any atom is 0.331 e. The van der Waals surface area contributed by atoms with Crippen LogP contribution in [0.1, 0.15) is 17.4 Å². The van der Waals surface area contributed by atoms with Gasteiger partial charge in [-0.1, -0.05) is 18.2 Å². The third kappa shape index (κ3) is 4.98. The summed E-state index contributed by atoms with van der Waals surface area (Å²) in [6, 6.07) is 12.2. The molecule has 1 aromatic carbocycles. The molecule has 0 spiro atoms. The van der Waals surface area contributed by atoms with Crippen LogP contribution in [0.25, 0.3) is 6.08 Å². The summed E-state index contributed by atoms with van der Waals surface area (Å²) in [5, 5.41) is 1.97. The largest absolute Gasteiger partial charge is 0.449 e. The minimum absolute atomic E-state index is 0.142. The van der Waals surface area contributed by atoms with Crippen molar-refractivity contribution in [2.24, 2.45) is 0 Å². The second kappa shape index (κ2) is 8.86. The maximum absolute atomic E-state index is 12.6. The van der Waals surface area contributed by atoms with Crippen molar-refractivity contribution in [3.05, 3.63) is 58.3 Å². The van der Waals surface area contributed by atoms with Gasteiger partial charge in [-0.15, -0.1) is 11.3 Å². The minimum atomic E-state index is -0.783. The number of hydrogen-bond acceptors (Lipinski definition) is 5. The number of thiophene rings is 1. The van der Waals surface area contributed by atoms with Crippen LogP contribution in [0.4, 0.5) is 5.69 Å². The molecular weight excluding hydrogens is 360 g/mol. The van der Waals surface area contributed by atoms with E-state index in [0.717, 1.165) is 29.2 Å². The first-order valence-electron chi connectivity index (χ1n) is 9.06. The predicted molar refractivity (Wildman–Crippen MR) is 109 cm³/mol. The highest BCUT2D eigenvalue weighted by Gasteiger charge is 2.26. The van der Waals surface area contributed by atoms with Crippen LogP contribution in [0.5, 0.6) is 0 Å². The Morgan fingerprint density at radius 3 is 2.44 bits per heavy atom. The molecule has 0 radical (unpaired) electrons. The Labute approximate surface area is 163 Å². The smallest absolute Gasteiger partial charge is 0.331 e. The summed E-state index contributed by atoms with van der Waals surface area (Å²) in [5.74, 6) is -0.636. The molecule has 1 aliphatic heterocycles. The average Bonchev–Trinajstić information content (AvgIpc) is 3.11. The lowest BCUT2D eigenvalue weighted by Crippen LogP contribution is -2.51. The van der Waals surface area contributed by atoms with E-state index in [1.165, 1.54) is 6.08 Å². The first-order valence-corrected chi connectivity index (χ1v) is 9.94. The van der Waals surface area contributed by atoms with E-state index in [1.807, 2.05) is 36.6 Å². The Kier molecular flexibility index (Phi) is 6.29. The Bertz CT molecular complexity index is 808. The molecule has 3 rings (SSSR count). The summed E-state index contributed by atoms with van der Waals surface area (Å²) >= 11 is 1.56. The second-order valence-electron chi connectivity index (χ2n) is 6.53. The van der Waals surface area contributed by atoms with E-state index in [0.29, 0.717) is 13.1 Å². The first-order chi connectivity index (χ1) is 13.0. The zero-order chi connectivity index (χ0) is 19.2. The average molecular weight is 385 g/mol. The molecule has 2 heterocycles. The summed E-state index contributed by atoms with van der Waals surface area (Å²) < 4.78 is 5.29. The summed E-state index contributed by atoms with van der Waals surface area (Å²) in [4.78, 5) is 29.6. The zero-order valence-corrected chi connectivity index (χ0v) is 16.4. The fourth-order valence-corrected chi connectivity index (χ4v) is 3.86. The van der Waals surface area contributed by atoms with Gasteiger partial charge in [0.2, 0.25) is 0 Å². The van der Waals surface area contributed by atoms with Crippen LogP contribution in [0.3, 0.4) is 0 Å². The molecule has 0 unspecified atom stereocenters. The van der Waals surface area contributed by atoms with Gasteiger partial charge in [0.25, 0.3) is 5.91 Å². The van der Waals surface area contributed by atoms with Crippen molar-refractivity contribution in [1.82, 2.24) is 4.90 Å². The maximum atomic E-state index is 12.6. The van der Waals surface area contributed by atoms with E-state index < -0.39 is 12.1 Å². The highest BCUT2D eigenvalue weighted by molar-refractivity contribution is 7.11. The minimum Gasteiger partial charge on any atom is -0.449 e. The molecule has 2 aromatic rings. The van der Waals surface area contributed by atoms with E-state index >= 15 is 0 Å². The number of aryl methyl sites for hydroxylation is 1. The Balaban J connectivity index is 1.48. The van der Waals surface area contributed by atoms with Crippen LogP contribution in [0.2, 0.25) is 0 Å². The number of carbonyl (C=O) groups excluding carboxylic acids is 2. The third-order valence-electron chi connectivity index (χ3n) is 4.63. The monoisotopic (exact) mass is 384 g/mol. The number of rotatable bonds is 5. The lowest BCUT2D eigenvalue weighted by Gasteiger charge is -2.36. The van der Waals surface area contributed by atoms with Gasteiger partial charge in [-0.3, -0.25) is 4.79 Å². The van der Waals surface area contributed by atoms with Gasteiger partial charge in [-0.25, -0.2) is 4.79 Å². The van der Waals surface area contributed by atoms with Gasteiger partial charge in [0.1, 0.15) is 0 Å². The van der Waals surface area contributed by atoms with E-state index in [1.54, 1.807) is 29.2 Å². The van der Waals surface area contributed by atoms with Gasteiger partial charge in [0.15, 0.2) is 6.10 Å². The van der Waals surface area contributed by atoms with Crippen molar-refractivity contribution >= 4 is 35.0 Å². The van der Waals surface area contributed by atoms with E-state index in [4.69, 9.17) is 4.74 Å². The molecule has 142 valence electrons. The highest BCUT2D eigenvalue weighted by Crippen LogP contribution is 2.18. The first kappa shape index (κ1) is 19.2. The van der Waals surface area contributed by atoms with Gasteiger partial charge in [0.05, 0.1) is 0 Å². The third-order valence-corrected chi connectivity index (χ3v) is 5.61. The molecule has 1 saturated heterocycles. The van der Waals surface area contributed by atoms with Gasteiger partial charge in [-0.2, -0.15) is 0 Å². The number of para-hydroxylation sites is 1. The van der Waals surface area contributed by atoms with Crippen molar-refractivity contribution in [3.8, 4) is 0 Å². The Hall–Kier alpha value is -2.60. The molecule has 27 heavy (non-hydrogen) atoms. The Morgan fingerprint density at radius 1 is 1.11 bits per heavy atom. The molecule has 1 fully saturated rings. The van der Waals surface area contributed by atoms with Crippen molar-refractivity contribution in [3.63, 3.8) is 0 Å². The molecule has 0 saturated carbocycles. The number of amides is 1. The molecule has 6 heteroatoms. The number of carbonyl (C=O) groups is 2. The molecule has 1 aromatic heterocycles. The SMILES string of the molecule is Cc1ccsc1/C=C/C(=O)O[C@@H](C)C(=O)N1CCN(c2ccccc2)CC1. The number of anilines is 1. The van der Waals surface area contributed by atoms with Crippen molar-refractivity contribution in [1.29, 1.82) is 0 Å². The summed E-state index contributed by atoms with van der Waals surface area (Å²) in [7, 11) is 0. The molecule has 0 bridgehead atoms. The lowest BCUT2D eigenvalue weighted by molar-refractivity contribution is -0.155. The van der Waals surface area contributed by atoms with Gasteiger partial charge >= 0.3 is 5.97 Å². The molecule has 0 N–H and O–H groups in total. The number of hydrogen-bond donors (Lipinski definition) is 0. The van der Waals surface area contributed by atoms with Crippen LogP contribution in [-0.2, 0) is 14.3 Å². The van der Waals surface area contributed by atoms with Gasteiger partial charge in [-0.05, 0) is 49.1 Å². The number of nitrogens with zero attached hydrogens (tertiary/aromatic N) is 2. The number of esters is 1. The van der Waals surface area contributed by atoms with Gasteiger partial charge in [0, 0.05) is 42.8 Å². The van der Waals surface area contributed by atoms with E-state index in [9.17, 15) is 9.59 Å². The lowest BCUT2D eigenvalue weighted by atomic mass is 10.2. The van der Waals surface area contributed by atoms with Crippen LogP contribution >= 0.6 is 11.3 Å². The van der Waals surface area contributed by atoms with Crippen LogP contribution in [0.15, 0.2) is 47.9 Å². The van der Waals surface area contributed by atoms with E-state index in [-0.39, 0.29) is 5.91 Å². The van der Waals surface area contributed by atoms with Crippen LogP contribution in [-0.4, -0.2) is 49.1 Å². The van der Waals surface area contributed by atoms with Gasteiger partial charge < -0.3 is 14.5 Å². The van der Waals surface area contributed by atoms with Crippen LogP contribution < -0.4 is 4.90 Å². The van der Waals surface area contributed by atoms with E-state index in [2.05, 4.69) is 17.0 Å². The quantitative estimate of drug-likeness (QED) is 0.586. The standard InChI is InChI=1S/C21H24N2O3S/c1-16-10-15-27-19(16)8-9-20(24)26-17(2)21(25)23-13-11-22(12-14-23)18-6-4-3-5-7-18/h3-10,15,17H,11-14H2,1-2H3/b9-8+/t17-/m0/s1. The fourth-order valence-electron chi connectivity index (χ4n) is 3.04. The number of ether oxygens (including phenoxy) is 1. The fraction of sp³-hybridized carbons (Fsp3) is 0.333. The summed E-state index contributed by atoms with van der Waals surface area (Å²) in [5.41, 5.74) is 2.28. The second-order valence-corrected chi connectivity index (χ2v) is 7.48. The van der Waals surface area contributed by atoms with Crippen molar-refractivity contribution in [2.45, 2.75) is 20.0 Å². The molecule has 1 amide bonds. The zero-order valence-electron chi connectivity index (χ0n) is 15.6. The summed E-state index contributed by atoms with van der Waals surface area (Å²) in [6.45, 7) is 6.42. The number of piperazine rings is 1. The number of benzene rings is 1. The molecular formula is C21H24N2O3S. The van der Waals surface area contributed by atoms with Crippen molar-refractivity contribution in [2.75, 3.05) is 31.1 Å². The molecule has 1 atom stereocenters. The normalized spacial score (nSPS) is 15.8. The molecule has 0 aliphatic carbocycles. The topological polar surface area (TPSA) is 49.9 Å². The predicted octanol–water partition coefficient (Wildman–Crippen LogP) is 3.35.